The first-order valence-electron chi connectivity index (χ1n) is 5.86. The summed E-state index contributed by atoms with van der Waals surface area (Å²) in [4.78, 5) is 11.3. The van der Waals surface area contributed by atoms with Gasteiger partial charge in [-0.15, -0.1) is 10.2 Å². The summed E-state index contributed by atoms with van der Waals surface area (Å²) in [6.45, 7) is 1.91. The van der Waals surface area contributed by atoms with Crippen LogP contribution in [0.2, 0.25) is 0 Å². The fourth-order valence-electron chi connectivity index (χ4n) is 1.83. The molecule has 0 aliphatic rings. The molecule has 0 saturated heterocycles. The minimum absolute atomic E-state index is 0.0178. The number of aromatic nitrogens is 1. The second-order valence-electron chi connectivity index (χ2n) is 4.09. The first-order chi connectivity index (χ1) is 8.65. The van der Waals surface area contributed by atoms with Gasteiger partial charge in [0.2, 0.25) is 5.88 Å². The van der Waals surface area contributed by atoms with E-state index in [9.17, 15) is 9.90 Å². The lowest BCUT2D eigenvalue weighted by molar-refractivity contribution is -0.118. The third-order valence-corrected chi connectivity index (χ3v) is 2.78. The zero-order valence-electron chi connectivity index (χ0n) is 10.4. The Kier molecular flexibility index (Phi) is 3.41. The number of aryl methyl sites for hydroxylation is 1. The maximum atomic E-state index is 11.3. The summed E-state index contributed by atoms with van der Waals surface area (Å²) >= 11 is 0. The van der Waals surface area contributed by atoms with Crippen LogP contribution in [0.25, 0.3) is 10.9 Å². The quantitative estimate of drug-likeness (QED) is 0.843. The van der Waals surface area contributed by atoms with Crippen LogP contribution >= 0.6 is 0 Å². The highest BCUT2D eigenvalue weighted by molar-refractivity contribution is 5.95. The van der Waals surface area contributed by atoms with E-state index < -0.39 is 0 Å². The maximum Gasteiger partial charge on any atom is 0.264 e. The molecule has 0 aliphatic heterocycles. The van der Waals surface area contributed by atoms with Crippen LogP contribution in [0.15, 0.2) is 34.5 Å². The van der Waals surface area contributed by atoms with Gasteiger partial charge in [-0.3, -0.25) is 4.79 Å². The molecule has 0 unspecified atom stereocenters. The summed E-state index contributed by atoms with van der Waals surface area (Å²) in [6, 6.07) is 7.45. The Morgan fingerprint density at radius 2 is 2.11 bits per heavy atom. The van der Waals surface area contributed by atoms with Crippen LogP contribution in [0, 0.1) is 0 Å². The normalized spacial score (nSPS) is 11.4. The second kappa shape index (κ2) is 5.00. The van der Waals surface area contributed by atoms with E-state index in [0.29, 0.717) is 12.1 Å². The van der Waals surface area contributed by atoms with Crippen molar-refractivity contribution >= 4 is 22.5 Å². The smallest absolute Gasteiger partial charge is 0.264 e. The molecule has 0 spiro atoms. The Morgan fingerprint density at radius 1 is 1.39 bits per heavy atom. The lowest BCUT2D eigenvalue weighted by Crippen LogP contribution is -1.88. The molecule has 5 heteroatoms. The molecule has 0 saturated carbocycles. The van der Waals surface area contributed by atoms with E-state index >= 15 is 0 Å². The first kappa shape index (κ1) is 12.3. The third-order valence-electron chi connectivity index (χ3n) is 2.78. The van der Waals surface area contributed by atoms with Crippen molar-refractivity contribution < 1.29 is 9.90 Å². The van der Waals surface area contributed by atoms with Crippen molar-refractivity contribution in [3.8, 4) is 5.88 Å². The van der Waals surface area contributed by atoms with Crippen LogP contribution in [-0.4, -0.2) is 15.6 Å². The monoisotopic (exact) mass is 245 g/mol. The standard InChI is InChI=1S/C13H15N3O2/c1-3-6-11(17)14-15-12-9-7-4-5-8-10(9)16(2)13(12)18/h4-5,7-8,18H,3,6H2,1-2H3. The van der Waals surface area contributed by atoms with E-state index in [1.807, 2.05) is 31.2 Å². The number of carbonyl (C=O) groups excluding carboxylic acids is 1. The van der Waals surface area contributed by atoms with Crippen molar-refractivity contribution in [2.24, 2.45) is 17.3 Å². The Morgan fingerprint density at radius 3 is 2.83 bits per heavy atom. The van der Waals surface area contributed by atoms with E-state index in [-0.39, 0.29) is 11.8 Å². The minimum Gasteiger partial charge on any atom is -0.493 e. The Balaban J connectivity index is 2.45. The van der Waals surface area contributed by atoms with Crippen LogP contribution < -0.4 is 0 Å². The molecule has 2 aromatic rings. The van der Waals surface area contributed by atoms with Gasteiger partial charge in [0, 0.05) is 18.9 Å². The molecular weight excluding hydrogens is 230 g/mol. The van der Waals surface area contributed by atoms with E-state index in [0.717, 1.165) is 17.3 Å². The number of aromatic hydroxyl groups is 1. The topological polar surface area (TPSA) is 66.9 Å². The summed E-state index contributed by atoms with van der Waals surface area (Å²) in [5, 5.41) is 18.2. The number of para-hydroxylation sites is 1. The Labute approximate surface area is 105 Å². The highest BCUT2D eigenvalue weighted by atomic mass is 16.3. The van der Waals surface area contributed by atoms with Gasteiger partial charge < -0.3 is 9.67 Å². The number of benzene rings is 1. The number of carbonyl (C=O) groups is 1. The summed E-state index contributed by atoms with van der Waals surface area (Å²) in [7, 11) is 1.74. The number of azo groups is 1. The average Bonchev–Trinajstić information content (AvgIpc) is 2.61. The lowest BCUT2D eigenvalue weighted by atomic mass is 10.2. The molecule has 1 N–H and O–H groups in total. The Bertz CT molecular complexity index is 614. The summed E-state index contributed by atoms with van der Waals surface area (Å²) in [6.07, 6.45) is 1.11. The van der Waals surface area contributed by atoms with Crippen LogP contribution in [0.3, 0.4) is 0 Å². The van der Waals surface area contributed by atoms with Gasteiger partial charge in [0.25, 0.3) is 5.91 Å². The van der Waals surface area contributed by atoms with Crippen LogP contribution in [0.5, 0.6) is 5.88 Å². The fraction of sp³-hybridized carbons (Fsp3) is 0.308. The highest BCUT2D eigenvalue weighted by Gasteiger charge is 2.13. The predicted octanol–water partition coefficient (Wildman–Crippen LogP) is 3.29. The molecule has 0 bridgehead atoms. The van der Waals surface area contributed by atoms with E-state index in [2.05, 4.69) is 10.2 Å². The van der Waals surface area contributed by atoms with Crippen molar-refractivity contribution in [3.63, 3.8) is 0 Å². The van der Waals surface area contributed by atoms with Crippen LogP contribution in [-0.2, 0) is 11.8 Å². The van der Waals surface area contributed by atoms with Gasteiger partial charge >= 0.3 is 0 Å². The molecule has 1 heterocycles. The molecule has 1 aromatic carbocycles. The molecule has 94 valence electrons. The van der Waals surface area contributed by atoms with Crippen molar-refractivity contribution in [3.05, 3.63) is 24.3 Å². The van der Waals surface area contributed by atoms with Crippen LogP contribution in [0.1, 0.15) is 19.8 Å². The number of amides is 1. The molecule has 18 heavy (non-hydrogen) atoms. The van der Waals surface area contributed by atoms with Crippen molar-refractivity contribution in [2.75, 3.05) is 0 Å². The number of rotatable bonds is 3. The second-order valence-corrected chi connectivity index (χ2v) is 4.09. The van der Waals surface area contributed by atoms with Gasteiger partial charge in [-0.05, 0) is 12.5 Å². The summed E-state index contributed by atoms with van der Waals surface area (Å²) < 4.78 is 1.62. The average molecular weight is 245 g/mol. The SMILES string of the molecule is CCCC(=O)N=Nc1c(O)n(C)c2ccccc12. The molecule has 1 aromatic heterocycles. The molecule has 0 atom stereocenters. The number of hydrogen-bond donors (Lipinski definition) is 1. The van der Waals surface area contributed by atoms with Crippen LogP contribution in [0.4, 0.5) is 5.69 Å². The number of nitrogens with zero attached hydrogens (tertiary/aromatic N) is 3. The van der Waals surface area contributed by atoms with Crippen molar-refractivity contribution in [1.29, 1.82) is 0 Å². The van der Waals surface area contributed by atoms with E-state index in [1.165, 1.54) is 0 Å². The summed E-state index contributed by atoms with van der Waals surface area (Å²) in [5.74, 6) is -0.255. The predicted molar refractivity (Wildman–Crippen MR) is 69.0 cm³/mol. The van der Waals surface area contributed by atoms with Gasteiger partial charge in [0.05, 0.1) is 5.52 Å². The van der Waals surface area contributed by atoms with Crippen molar-refractivity contribution in [1.82, 2.24) is 4.57 Å². The van der Waals surface area contributed by atoms with Gasteiger partial charge in [0.1, 0.15) is 0 Å². The molecule has 5 nitrogen and oxygen atoms in total. The van der Waals surface area contributed by atoms with E-state index in [4.69, 9.17) is 0 Å². The fourth-order valence-corrected chi connectivity index (χ4v) is 1.83. The van der Waals surface area contributed by atoms with Crippen molar-refractivity contribution in [2.45, 2.75) is 19.8 Å². The van der Waals surface area contributed by atoms with Gasteiger partial charge in [-0.25, -0.2) is 0 Å². The maximum absolute atomic E-state index is 11.3. The molecule has 0 fully saturated rings. The Hall–Kier alpha value is -2.17. The summed E-state index contributed by atoms with van der Waals surface area (Å²) in [5.41, 5.74) is 1.20. The van der Waals surface area contributed by atoms with Gasteiger partial charge in [-0.2, -0.15) is 0 Å². The van der Waals surface area contributed by atoms with E-state index in [1.54, 1.807) is 11.6 Å². The molecule has 0 aliphatic carbocycles. The third kappa shape index (κ3) is 2.11. The largest absolute Gasteiger partial charge is 0.493 e. The van der Waals surface area contributed by atoms with Gasteiger partial charge in [-0.1, -0.05) is 25.1 Å². The molecule has 2 rings (SSSR count). The minimum atomic E-state index is -0.273. The zero-order chi connectivity index (χ0) is 13.1. The molecule has 0 radical (unpaired) electrons. The number of fused-ring (bicyclic) bond motifs is 1. The molecule has 1 amide bonds. The van der Waals surface area contributed by atoms with Gasteiger partial charge in [0.15, 0.2) is 5.69 Å². The number of hydrogen-bond acceptors (Lipinski definition) is 3. The molecular formula is C13H15N3O2. The lowest BCUT2D eigenvalue weighted by Gasteiger charge is -1.95. The zero-order valence-corrected chi connectivity index (χ0v) is 10.4. The highest BCUT2D eigenvalue weighted by Crippen LogP contribution is 2.37. The first-order valence-corrected chi connectivity index (χ1v) is 5.86.